The second-order valence-electron chi connectivity index (χ2n) is 7.27. The fraction of sp³-hybridized carbons (Fsp3) is 0.120. The molecule has 172 valence electrons. The zero-order valence-electron chi connectivity index (χ0n) is 18.7. The number of hydrazone groups is 1. The molecule has 0 bridgehead atoms. The number of amides is 1. The van der Waals surface area contributed by atoms with Crippen molar-refractivity contribution >= 4 is 23.4 Å². The summed E-state index contributed by atoms with van der Waals surface area (Å²) in [5, 5.41) is 22.9. The Bertz CT molecular complexity index is 1290. The van der Waals surface area contributed by atoms with Crippen LogP contribution >= 0.6 is 11.8 Å². The van der Waals surface area contributed by atoms with Gasteiger partial charge in [-0.2, -0.15) is 5.10 Å². The highest BCUT2D eigenvalue weighted by Gasteiger charge is 2.17. The number of thioether (sulfide) groups is 1. The quantitative estimate of drug-likeness (QED) is 0.225. The lowest BCUT2D eigenvalue weighted by atomic mass is 10.1. The second-order valence-corrected chi connectivity index (χ2v) is 8.22. The van der Waals surface area contributed by atoms with E-state index in [1.165, 1.54) is 11.8 Å². The lowest BCUT2D eigenvalue weighted by Crippen LogP contribution is -2.21. The zero-order valence-corrected chi connectivity index (χ0v) is 19.5. The van der Waals surface area contributed by atoms with Crippen molar-refractivity contribution in [2.75, 3.05) is 12.9 Å². The molecule has 4 aromatic rings. The first-order valence-electron chi connectivity index (χ1n) is 10.5. The molecule has 0 aliphatic heterocycles. The van der Waals surface area contributed by atoms with Gasteiger partial charge in [-0.25, -0.2) is 5.43 Å². The molecule has 0 saturated carbocycles. The van der Waals surface area contributed by atoms with Crippen molar-refractivity contribution in [1.82, 2.24) is 20.2 Å². The van der Waals surface area contributed by atoms with Crippen LogP contribution in [-0.4, -0.2) is 44.4 Å². The van der Waals surface area contributed by atoms with Crippen molar-refractivity contribution in [1.29, 1.82) is 0 Å². The van der Waals surface area contributed by atoms with Crippen LogP contribution in [0.2, 0.25) is 0 Å². The number of hydrogen-bond acceptors (Lipinski definition) is 7. The second kappa shape index (κ2) is 10.7. The van der Waals surface area contributed by atoms with Crippen LogP contribution in [0.3, 0.4) is 0 Å². The van der Waals surface area contributed by atoms with Crippen LogP contribution in [0.4, 0.5) is 0 Å². The Labute approximate surface area is 201 Å². The average Bonchev–Trinajstić information content (AvgIpc) is 3.31. The number of ether oxygens (including phenoxy) is 1. The van der Waals surface area contributed by atoms with Gasteiger partial charge in [-0.3, -0.25) is 9.36 Å². The van der Waals surface area contributed by atoms with Crippen molar-refractivity contribution < 1.29 is 14.6 Å². The third kappa shape index (κ3) is 5.44. The third-order valence-corrected chi connectivity index (χ3v) is 5.89. The summed E-state index contributed by atoms with van der Waals surface area (Å²) >= 11 is 1.27. The maximum absolute atomic E-state index is 12.5. The fourth-order valence-corrected chi connectivity index (χ4v) is 3.92. The van der Waals surface area contributed by atoms with Gasteiger partial charge in [0.2, 0.25) is 0 Å². The highest BCUT2D eigenvalue weighted by atomic mass is 32.2. The minimum Gasteiger partial charge on any atom is -0.508 e. The van der Waals surface area contributed by atoms with Crippen molar-refractivity contribution in [2.45, 2.75) is 12.1 Å². The van der Waals surface area contributed by atoms with Crippen LogP contribution < -0.4 is 10.2 Å². The monoisotopic (exact) mass is 473 g/mol. The molecule has 9 heteroatoms. The molecular formula is C25H23N5O3S. The van der Waals surface area contributed by atoms with Crippen LogP contribution in [0, 0.1) is 0 Å². The standard InChI is InChI=1S/C25H23N5O3S/c1-17(18-8-12-21(31)13-9-18)26-27-23(32)16-34-25-29-28-24(19-6-4-3-5-7-19)30(25)20-10-14-22(33-2)15-11-20/h3-15,31H,16H2,1-2H3,(H,27,32)/b26-17+. The fourth-order valence-electron chi connectivity index (χ4n) is 3.18. The number of nitrogens with one attached hydrogen (secondary N) is 1. The van der Waals surface area contributed by atoms with E-state index < -0.39 is 0 Å². The van der Waals surface area contributed by atoms with Gasteiger partial charge in [0, 0.05) is 11.3 Å². The van der Waals surface area contributed by atoms with Gasteiger partial charge in [-0.15, -0.1) is 10.2 Å². The number of aromatic nitrogens is 3. The minimum absolute atomic E-state index is 0.107. The van der Waals surface area contributed by atoms with Gasteiger partial charge in [0.1, 0.15) is 11.5 Å². The molecule has 1 amide bonds. The minimum atomic E-state index is -0.270. The first-order valence-corrected chi connectivity index (χ1v) is 11.4. The van der Waals surface area contributed by atoms with Gasteiger partial charge in [0.05, 0.1) is 18.6 Å². The van der Waals surface area contributed by atoms with E-state index in [2.05, 4.69) is 20.7 Å². The number of aromatic hydroxyl groups is 1. The van der Waals surface area contributed by atoms with Gasteiger partial charge >= 0.3 is 0 Å². The lowest BCUT2D eigenvalue weighted by molar-refractivity contribution is -0.118. The molecule has 8 nitrogen and oxygen atoms in total. The number of rotatable bonds is 8. The van der Waals surface area contributed by atoms with E-state index in [0.717, 1.165) is 22.6 Å². The largest absolute Gasteiger partial charge is 0.508 e. The molecule has 0 fully saturated rings. The molecule has 0 aliphatic rings. The molecule has 34 heavy (non-hydrogen) atoms. The van der Waals surface area contributed by atoms with Crippen LogP contribution in [0.5, 0.6) is 11.5 Å². The summed E-state index contributed by atoms with van der Waals surface area (Å²) in [7, 11) is 1.62. The van der Waals surface area contributed by atoms with Gasteiger partial charge in [-0.05, 0) is 61.0 Å². The zero-order chi connectivity index (χ0) is 23.9. The van der Waals surface area contributed by atoms with Crippen LogP contribution in [-0.2, 0) is 4.79 Å². The normalized spacial score (nSPS) is 11.3. The molecule has 4 rings (SSSR count). The Hall–Kier alpha value is -4.11. The number of carbonyl (C=O) groups excluding carboxylic acids is 1. The Morgan fingerprint density at radius 2 is 1.74 bits per heavy atom. The van der Waals surface area contributed by atoms with E-state index in [-0.39, 0.29) is 17.4 Å². The van der Waals surface area contributed by atoms with Crippen molar-refractivity contribution in [3.05, 3.63) is 84.4 Å². The number of nitrogens with zero attached hydrogens (tertiary/aromatic N) is 4. The van der Waals surface area contributed by atoms with Crippen molar-refractivity contribution in [2.24, 2.45) is 5.10 Å². The predicted octanol–water partition coefficient (Wildman–Crippen LogP) is 4.28. The molecule has 3 aromatic carbocycles. The SMILES string of the molecule is COc1ccc(-n2c(SCC(=O)N/N=C(\C)c3ccc(O)cc3)nnc2-c2ccccc2)cc1. The predicted molar refractivity (Wildman–Crippen MR) is 133 cm³/mol. The van der Waals surface area contributed by atoms with Gasteiger partial charge in [0.25, 0.3) is 5.91 Å². The highest BCUT2D eigenvalue weighted by molar-refractivity contribution is 7.99. The van der Waals surface area contributed by atoms with E-state index >= 15 is 0 Å². The smallest absolute Gasteiger partial charge is 0.250 e. The first-order chi connectivity index (χ1) is 16.5. The summed E-state index contributed by atoms with van der Waals surface area (Å²) in [4.78, 5) is 12.5. The molecule has 0 radical (unpaired) electrons. The summed E-state index contributed by atoms with van der Waals surface area (Å²) < 4.78 is 7.19. The number of phenolic OH excluding ortho intramolecular Hbond substituents is 1. The van der Waals surface area contributed by atoms with Gasteiger partial charge in [-0.1, -0.05) is 42.1 Å². The van der Waals surface area contributed by atoms with Gasteiger partial charge < -0.3 is 9.84 Å². The van der Waals surface area contributed by atoms with Crippen molar-refractivity contribution in [3.8, 4) is 28.6 Å². The van der Waals surface area contributed by atoms with E-state index in [4.69, 9.17) is 4.74 Å². The number of hydrogen-bond donors (Lipinski definition) is 2. The van der Waals surface area contributed by atoms with Crippen LogP contribution in [0.1, 0.15) is 12.5 Å². The highest BCUT2D eigenvalue weighted by Crippen LogP contribution is 2.28. The van der Waals surface area contributed by atoms with E-state index in [9.17, 15) is 9.90 Å². The van der Waals surface area contributed by atoms with E-state index in [1.807, 2.05) is 59.2 Å². The van der Waals surface area contributed by atoms with E-state index in [0.29, 0.717) is 16.7 Å². The molecular weight excluding hydrogens is 450 g/mol. The van der Waals surface area contributed by atoms with E-state index in [1.54, 1.807) is 38.3 Å². The number of carbonyl (C=O) groups is 1. The molecule has 1 aromatic heterocycles. The summed E-state index contributed by atoms with van der Waals surface area (Å²) in [6.07, 6.45) is 0. The Balaban J connectivity index is 1.52. The molecule has 0 atom stereocenters. The summed E-state index contributed by atoms with van der Waals surface area (Å²) in [6.45, 7) is 1.78. The maximum atomic E-state index is 12.5. The number of phenols is 1. The Kier molecular flexibility index (Phi) is 7.24. The third-order valence-electron chi connectivity index (χ3n) is 4.96. The van der Waals surface area contributed by atoms with Crippen molar-refractivity contribution in [3.63, 3.8) is 0 Å². The Morgan fingerprint density at radius 1 is 1.03 bits per heavy atom. The maximum Gasteiger partial charge on any atom is 0.250 e. The molecule has 0 saturated heterocycles. The Morgan fingerprint density at radius 3 is 2.41 bits per heavy atom. The van der Waals surface area contributed by atoms with Crippen LogP contribution in [0.25, 0.3) is 17.1 Å². The summed E-state index contributed by atoms with van der Waals surface area (Å²) in [5.74, 6) is 1.43. The topological polar surface area (TPSA) is 102 Å². The average molecular weight is 474 g/mol. The first kappa shape index (κ1) is 23.1. The molecule has 0 spiro atoms. The lowest BCUT2D eigenvalue weighted by Gasteiger charge is -2.11. The summed E-state index contributed by atoms with van der Waals surface area (Å²) in [6, 6.07) is 23.9. The van der Waals surface area contributed by atoms with Gasteiger partial charge in [0.15, 0.2) is 11.0 Å². The molecule has 2 N–H and O–H groups in total. The summed E-state index contributed by atoms with van der Waals surface area (Å²) in [5.41, 5.74) is 5.77. The number of methoxy groups -OCH3 is 1. The molecule has 0 aliphatic carbocycles. The van der Waals surface area contributed by atoms with Crippen LogP contribution in [0.15, 0.2) is 89.1 Å². The molecule has 1 heterocycles. The molecule has 0 unspecified atom stereocenters. The number of benzene rings is 3.